The lowest BCUT2D eigenvalue weighted by atomic mass is 10.2. The molecule has 0 saturated carbocycles. The molecular formula is C23H26ClN3O2S2. The number of aryl methyl sites for hydroxylation is 1. The number of halogens is 1. The molecule has 0 aliphatic carbocycles. The Morgan fingerprint density at radius 1 is 1.23 bits per heavy atom. The number of carbonyl (C=O) groups excluding carboxylic acids is 1. The Hall–Kier alpha value is -1.64. The van der Waals surface area contributed by atoms with Gasteiger partial charge in [-0.2, -0.15) is 0 Å². The maximum atomic E-state index is 13.2. The van der Waals surface area contributed by atoms with Gasteiger partial charge < -0.3 is 4.74 Å². The largest absolute Gasteiger partial charge is 0.379 e. The van der Waals surface area contributed by atoms with Gasteiger partial charge in [0, 0.05) is 36.1 Å². The van der Waals surface area contributed by atoms with Gasteiger partial charge in [0.25, 0.3) is 0 Å². The van der Waals surface area contributed by atoms with E-state index in [0.717, 1.165) is 65.1 Å². The second-order valence-electron chi connectivity index (χ2n) is 7.51. The summed E-state index contributed by atoms with van der Waals surface area (Å²) in [7, 11) is 0. The Kier molecular flexibility index (Phi) is 7.85. The number of hydrogen-bond donors (Lipinski definition) is 0. The van der Waals surface area contributed by atoms with E-state index in [1.807, 2.05) is 35.2 Å². The predicted octanol–water partition coefficient (Wildman–Crippen LogP) is 5.11. The molecule has 0 N–H and O–H groups in total. The van der Waals surface area contributed by atoms with Crippen molar-refractivity contribution in [3.8, 4) is 0 Å². The van der Waals surface area contributed by atoms with Gasteiger partial charge in [-0.15, -0.1) is 11.8 Å². The van der Waals surface area contributed by atoms with E-state index in [9.17, 15) is 4.79 Å². The second kappa shape index (κ2) is 10.8. The Balaban J connectivity index is 1.47. The summed E-state index contributed by atoms with van der Waals surface area (Å²) < 4.78 is 6.55. The number of para-hydroxylation sites is 1. The van der Waals surface area contributed by atoms with Crippen molar-refractivity contribution >= 4 is 56.0 Å². The number of thioether (sulfide) groups is 1. The number of anilines is 1. The van der Waals surface area contributed by atoms with E-state index in [0.29, 0.717) is 17.3 Å². The molecule has 1 amide bonds. The maximum absolute atomic E-state index is 13.2. The minimum atomic E-state index is 0.0821. The van der Waals surface area contributed by atoms with Crippen molar-refractivity contribution in [1.29, 1.82) is 0 Å². The highest BCUT2D eigenvalue weighted by atomic mass is 35.5. The molecule has 0 unspecified atom stereocenters. The van der Waals surface area contributed by atoms with Gasteiger partial charge in [0.05, 0.1) is 29.2 Å². The van der Waals surface area contributed by atoms with Gasteiger partial charge in [-0.25, -0.2) is 4.98 Å². The number of thiazole rings is 1. The fraction of sp³-hybridized carbons (Fsp3) is 0.391. The Morgan fingerprint density at radius 3 is 2.74 bits per heavy atom. The fourth-order valence-corrected chi connectivity index (χ4v) is 5.54. The number of aromatic nitrogens is 1. The van der Waals surface area contributed by atoms with E-state index in [4.69, 9.17) is 21.3 Å². The van der Waals surface area contributed by atoms with Gasteiger partial charge in [-0.3, -0.25) is 14.6 Å². The molecule has 2 aromatic carbocycles. The highest BCUT2D eigenvalue weighted by Gasteiger charge is 2.21. The lowest BCUT2D eigenvalue weighted by molar-refractivity contribution is -0.116. The average molecular weight is 476 g/mol. The topological polar surface area (TPSA) is 45.7 Å². The zero-order chi connectivity index (χ0) is 21.6. The molecule has 1 aliphatic heterocycles. The molecular weight excluding hydrogens is 450 g/mol. The summed E-state index contributed by atoms with van der Waals surface area (Å²) in [6.45, 7) is 7.18. The molecule has 164 valence electrons. The van der Waals surface area contributed by atoms with Gasteiger partial charge >= 0.3 is 0 Å². The van der Waals surface area contributed by atoms with Gasteiger partial charge in [0.2, 0.25) is 5.91 Å². The summed E-state index contributed by atoms with van der Waals surface area (Å²) in [6, 6.07) is 13.8. The van der Waals surface area contributed by atoms with Crippen LogP contribution in [0.5, 0.6) is 0 Å². The van der Waals surface area contributed by atoms with E-state index in [2.05, 4.69) is 24.0 Å². The molecule has 1 saturated heterocycles. The summed E-state index contributed by atoms with van der Waals surface area (Å²) in [5, 5.41) is 1.48. The molecule has 8 heteroatoms. The molecule has 0 spiro atoms. The molecule has 0 radical (unpaired) electrons. The minimum Gasteiger partial charge on any atom is -0.379 e. The zero-order valence-corrected chi connectivity index (χ0v) is 19.9. The van der Waals surface area contributed by atoms with Crippen LogP contribution in [0.4, 0.5) is 5.13 Å². The lowest BCUT2D eigenvalue weighted by Crippen LogP contribution is -2.39. The van der Waals surface area contributed by atoms with Gasteiger partial charge in [0.1, 0.15) is 0 Å². The molecule has 2 heterocycles. The van der Waals surface area contributed by atoms with E-state index in [-0.39, 0.29) is 5.91 Å². The van der Waals surface area contributed by atoms with Crippen LogP contribution in [0.1, 0.15) is 12.0 Å². The molecule has 4 rings (SSSR count). The normalized spacial score (nSPS) is 14.8. The highest BCUT2D eigenvalue weighted by Crippen LogP contribution is 2.31. The second-order valence-corrected chi connectivity index (χ2v) is 10.0. The first kappa shape index (κ1) is 22.6. The van der Waals surface area contributed by atoms with Gasteiger partial charge in [0.15, 0.2) is 5.13 Å². The first-order valence-electron chi connectivity index (χ1n) is 10.4. The Bertz CT molecular complexity index is 1020. The molecule has 31 heavy (non-hydrogen) atoms. The third kappa shape index (κ3) is 5.99. The van der Waals surface area contributed by atoms with Crippen molar-refractivity contribution in [3.63, 3.8) is 0 Å². The van der Waals surface area contributed by atoms with Crippen LogP contribution in [0.25, 0.3) is 10.2 Å². The summed E-state index contributed by atoms with van der Waals surface area (Å²) >= 11 is 9.10. The van der Waals surface area contributed by atoms with Crippen LogP contribution < -0.4 is 4.90 Å². The zero-order valence-electron chi connectivity index (χ0n) is 17.6. The summed E-state index contributed by atoms with van der Waals surface area (Å²) in [6.07, 6.45) is 0.909. The quantitative estimate of drug-likeness (QED) is 0.424. The van der Waals surface area contributed by atoms with Crippen LogP contribution in [0.15, 0.2) is 47.4 Å². The third-order valence-corrected chi connectivity index (χ3v) is 7.57. The smallest absolute Gasteiger partial charge is 0.239 e. The fourth-order valence-electron chi connectivity index (χ4n) is 3.55. The standard InChI is InChI=1S/C23H26ClN3O2S2/c1-17-4-2-5-20-22(17)25-23(31-20)27(11-3-10-26-12-14-29-15-13-26)21(28)16-30-19-8-6-18(24)7-9-19/h2,4-9H,3,10-16H2,1H3. The molecule has 0 atom stereocenters. The summed E-state index contributed by atoms with van der Waals surface area (Å²) in [4.78, 5) is 23.4. The van der Waals surface area contributed by atoms with Crippen molar-refractivity contribution in [2.24, 2.45) is 0 Å². The molecule has 1 aliphatic rings. The van der Waals surface area contributed by atoms with Crippen molar-refractivity contribution in [2.75, 3.05) is 50.0 Å². The van der Waals surface area contributed by atoms with Crippen LogP contribution in [0.3, 0.4) is 0 Å². The lowest BCUT2D eigenvalue weighted by Gasteiger charge is -2.27. The molecule has 1 aromatic heterocycles. The Labute approximate surface area is 196 Å². The first-order valence-corrected chi connectivity index (χ1v) is 12.6. The van der Waals surface area contributed by atoms with Gasteiger partial charge in [-0.05, 0) is 49.2 Å². The number of fused-ring (bicyclic) bond motifs is 1. The van der Waals surface area contributed by atoms with E-state index >= 15 is 0 Å². The van der Waals surface area contributed by atoms with Crippen molar-refractivity contribution in [2.45, 2.75) is 18.2 Å². The number of amides is 1. The van der Waals surface area contributed by atoms with Crippen LogP contribution in [-0.2, 0) is 9.53 Å². The number of nitrogens with zero attached hydrogens (tertiary/aromatic N) is 3. The third-order valence-electron chi connectivity index (χ3n) is 5.28. The highest BCUT2D eigenvalue weighted by molar-refractivity contribution is 8.00. The van der Waals surface area contributed by atoms with Crippen LogP contribution in [-0.4, -0.2) is 60.9 Å². The first-order chi connectivity index (χ1) is 15.1. The summed E-state index contributed by atoms with van der Waals surface area (Å²) in [5.41, 5.74) is 2.12. The molecule has 0 bridgehead atoms. The number of carbonyl (C=O) groups is 1. The van der Waals surface area contributed by atoms with Crippen molar-refractivity contribution < 1.29 is 9.53 Å². The maximum Gasteiger partial charge on any atom is 0.239 e. The number of rotatable bonds is 8. The van der Waals surface area contributed by atoms with Crippen LogP contribution in [0, 0.1) is 6.92 Å². The Morgan fingerprint density at radius 2 is 2.00 bits per heavy atom. The monoisotopic (exact) mass is 475 g/mol. The molecule has 5 nitrogen and oxygen atoms in total. The predicted molar refractivity (Wildman–Crippen MR) is 131 cm³/mol. The van der Waals surface area contributed by atoms with E-state index < -0.39 is 0 Å². The van der Waals surface area contributed by atoms with Crippen LogP contribution >= 0.6 is 34.7 Å². The number of ether oxygens (including phenoxy) is 1. The number of morpholine rings is 1. The van der Waals surface area contributed by atoms with E-state index in [1.165, 1.54) is 11.8 Å². The van der Waals surface area contributed by atoms with Gasteiger partial charge in [-0.1, -0.05) is 35.1 Å². The molecule has 3 aromatic rings. The summed E-state index contributed by atoms with van der Waals surface area (Å²) in [5.74, 6) is 0.451. The number of benzene rings is 2. The average Bonchev–Trinajstić information content (AvgIpc) is 3.22. The molecule has 1 fully saturated rings. The van der Waals surface area contributed by atoms with E-state index in [1.54, 1.807) is 11.3 Å². The van der Waals surface area contributed by atoms with Crippen molar-refractivity contribution in [1.82, 2.24) is 9.88 Å². The SMILES string of the molecule is Cc1cccc2sc(N(CCCN3CCOCC3)C(=O)CSc3ccc(Cl)cc3)nc12. The minimum absolute atomic E-state index is 0.0821. The van der Waals surface area contributed by atoms with Crippen molar-refractivity contribution in [3.05, 3.63) is 53.1 Å². The number of hydrogen-bond acceptors (Lipinski definition) is 6. The van der Waals surface area contributed by atoms with Crippen LogP contribution in [0.2, 0.25) is 5.02 Å².